The molecular formula is C8H17BrN2. The number of hydrogen-bond donors (Lipinski definition) is 1. The van der Waals surface area contributed by atoms with E-state index in [4.69, 9.17) is 0 Å². The molecule has 11 heavy (non-hydrogen) atoms. The maximum Gasteiger partial charge on any atom is 0.0967 e. The molecule has 3 heteroatoms. The van der Waals surface area contributed by atoms with Gasteiger partial charge in [-0.3, -0.25) is 4.99 Å². The topological polar surface area (TPSA) is 24.4 Å². The molecular weight excluding hydrogens is 204 g/mol. The first kappa shape index (κ1) is 13.3. The summed E-state index contributed by atoms with van der Waals surface area (Å²) in [6, 6.07) is 0. The molecule has 2 nitrogen and oxygen atoms in total. The Morgan fingerprint density at radius 2 is 1.82 bits per heavy atom. The van der Waals surface area contributed by atoms with Crippen LogP contribution in [0.15, 0.2) is 15.7 Å². The molecule has 0 atom stereocenters. The molecule has 0 aromatic heterocycles. The van der Waals surface area contributed by atoms with Gasteiger partial charge in [0.25, 0.3) is 0 Å². The second kappa shape index (κ2) is 9.69. The van der Waals surface area contributed by atoms with E-state index in [1.165, 1.54) is 0 Å². The molecule has 0 fully saturated rings. The molecule has 0 radical (unpaired) electrons. The molecule has 0 aromatic rings. The Labute approximate surface area is 77.9 Å². The molecule has 1 N–H and O–H groups in total. The van der Waals surface area contributed by atoms with Crippen LogP contribution in [-0.2, 0) is 0 Å². The third kappa shape index (κ3) is 12.8. The van der Waals surface area contributed by atoms with Crippen molar-refractivity contribution in [3.05, 3.63) is 10.7 Å². The second-order valence-electron chi connectivity index (χ2n) is 1.68. The summed E-state index contributed by atoms with van der Waals surface area (Å²) in [6.07, 6.45) is 1.85. The fraction of sp³-hybridized carbons (Fsp3) is 0.625. The zero-order chi connectivity index (χ0) is 9.28. The van der Waals surface area contributed by atoms with Crippen molar-refractivity contribution in [1.82, 2.24) is 5.32 Å². The van der Waals surface area contributed by atoms with Crippen LogP contribution >= 0.6 is 15.9 Å². The minimum atomic E-state index is 0.911. The molecule has 0 heterocycles. The maximum absolute atomic E-state index is 3.90. The summed E-state index contributed by atoms with van der Waals surface area (Å²) < 4.78 is 1.06. The van der Waals surface area contributed by atoms with Gasteiger partial charge in [0.05, 0.1) is 5.84 Å². The molecule has 0 aliphatic rings. The van der Waals surface area contributed by atoms with Gasteiger partial charge in [-0.1, -0.05) is 29.8 Å². The van der Waals surface area contributed by atoms with Crippen LogP contribution in [0.1, 0.15) is 27.7 Å². The van der Waals surface area contributed by atoms with Gasteiger partial charge in [-0.2, -0.15) is 0 Å². The predicted molar refractivity (Wildman–Crippen MR) is 56.2 cm³/mol. The number of allylic oxidation sites excluding steroid dienone is 1. The summed E-state index contributed by atoms with van der Waals surface area (Å²) >= 11 is 3.28. The summed E-state index contributed by atoms with van der Waals surface area (Å²) in [4.78, 5) is 3.90. The Bertz CT molecular complexity index is 135. The van der Waals surface area contributed by atoms with Crippen LogP contribution in [-0.4, -0.2) is 12.9 Å². The van der Waals surface area contributed by atoms with Crippen LogP contribution in [0.25, 0.3) is 0 Å². The van der Waals surface area contributed by atoms with E-state index in [1.807, 2.05) is 33.9 Å². The first-order valence-corrected chi connectivity index (χ1v) is 4.48. The van der Waals surface area contributed by atoms with Crippen molar-refractivity contribution in [2.75, 3.05) is 7.05 Å². The van der Waals surface area contributed by atoms with Gasteiger partial charge in [0.1, 0.15) is 0 Å². The normalized spacial score (nSPS) is 11.8. The molecule has 0 rings (SSSR count). The number of halogens is 1. The Hall–Kier alpha value is -0.310. The van der Waals surface area contributed by atoms with E-state index < -0.39 is 0 Å². The minimum Gasteiger partial charge on any atom is -0.350 e. The monoisotopic (exact) mass is 220 g/mol. The van der Waals surface area contributed by atoms with Gasteiger partial charge in [-0.15, -0.1) is 0 Å². The van der Waals surface area contributed by atoms with Crippen LogP contribution in [0.4, 0.5) is 0 Å². The van der Waals surface area contributed by atoms with Crippen molar-refractivity contribution >= 4 is 21.8 Å². The fourth-order valence-corrected chi connectivity index (χ4v) is 0.383. The maximum atomic E-state index is 3.90. The number of hydrogen-bond acceptors (Lipinski definition) is 1. The minimum absolute atomic E-state index is 0.911. The van der Waals surface area contributed by atoms with Gasteiger partial charge < -0.3 is 5.32 Å². The lowest BCUT2D eigenvalue weighted by molar-refractivity contribution is 1.20. The third-order valence-corrected chi connectivity index (χ3v) is 1.04. The SMILES string of the molecule is CC.CN=C(C)N/C=C(\C)Br. The quantitative estimate of drug-likeness (QED) is 0.534. The standard InChI is InChI=1S/C6H11BrN2.C2H6/c1-5(7)4-9-6(2)8-3;1-2/h4H,1-3H3,(H,8,9);1-2H3/b5-4+;. The number of nitrogens with one attached hydrogen (secondary N) is 1. The molecule has 0 saturated heterocycles. The Morgan fingerprint density at radius 3 is 2.09 bits per heavy atom. The summed E-state index contributed by atoms with van der Waals surface area (Å²) in [6.45, 7) is 7.86. The second-order valence-corrected chi connectivity index (χ2v) is 2.94. The molecule has 0 amide bonds. The zero-order valence-corrected chi connectivity index (χ0v) is 9.49. The molecule has 0 saturated carbocycles. The van der Waals surface area contributed by atoms with Crippen LogP contribution in [0.3, 0.4) is 0 Å². The lowest BCUT2D eigenvalue weighted by Crippen LogP contribution is -2.12. The molecule has 0 unspecified atom stereocenters. The first-order chi connectivity index (χ1) is 5.16. The highest BCUT2D eigenvalue weighted by Crippen LogP contribution is 1.98. The van der Waals surface area contributed by atoms with Gasteiger partial charge in [-0.05, 0) is 13.8 Å². The third-order valence-electron chi connectivity index (χ3n) is 0.815. The highest BCUT2D eigenvalue weighted by molar-refractivity contribution is 9.11. The largest absolute Gasteiger partial charge is 0.350 e. The van der Waals surface area contributed by atoms with Crippen LogP contribution in [0.2, 0.25) is 0 Å². The van der Waals surface area contributed by atoms with Crippen molar-refractivity contribution in [2.24, 2.45) is 4.99 Å². The molecule has 0 aliphatic carbocycles. The Kier molecular flexibility index (Phi) is 11.7. The highest BCUT2D eigenvalue weighted by atomic mass is 79.9. The first-order valence-electron chi connectivity index (χ1n) is 3.69. The summed E-state index contributed by atoms with van der Waals surface area (Å²) in [5.74, 6) is 0.911. The van der Waals surface area contributed by atoms with Gasteiger partial charge in [-0.25, -0.2) is 0 Å². The van der Waals surface area contributed by atoms with Crippen molar-refractivity contribution < 1.29 is 0 Å². The highest BCUT2D eigenvalue weighted by Gasteiger charge is 1.80. The number of aliphatic imine (C=N–C) groups is 1. The molecule has 0 spiro atoms. The van der Waals surface area contributed by atoms with E-state index in [0.717, 1.165) is 10.3 Å². The van der Waals surface area contributed by atoms with E-state index in [1.54, 1.807) is 7.05 Å². The van der Waals surface area contributed by atoms with Gasteiger partial charge in [0.15, 0.2) is 0 Å². The Balaban J connectivity index is 0. The van der Waals surface area contributed by atoms with Crippen LogP contribution < -0.4 is 5.32 Å². The van der Waals surface area contributed by atoms with Crippen molar-refractivity contribution in [2.45, 2.75) is 27.7 Å². The molecule has 66 valence electrons. The lowest BCUT2D eigenvalue weighted by atomic mass is 10.6. The summed E-state index contributed by atoms with van der Waals surface area (Å²) in [7, 11) is 1.75. The molecule has 0 bridgehead atoms. The summed E-state index contributed by atoms with van der Waals surface area (Å²) in [5, 5.41) is 2.97. The zero-order valence-electron chi connectivity index (χ0n) is 7.90. The molecule has 0 aromatic carbocycles. The lowest BCUT2D eigenvalue weighted by Gasteiger charge is -1.95. The van der Waals surface area contributed by atoms with Crippen LogP contribution in [0.5, 0.6) is 0 Å². The van der Waals surface area contributed by atoms with E-state index in [9.17, 15) is 0 Å². The van der Waals surface area contributed by atoms with E-state index in [2.05, 4.69) is 26.2 Å². The number of nitrogens with zero attached hydrogens (tertiary/aromatic N) is 1. The Morgan fingerprint density at radius 1 is 1.36 bits per heavy atom. The smallest absolute Gasteiger partial charge is 0.0967 e. The average Bonchev–Trinajstić information content (AvgIpc) is 2.04. The van der Waals surface area contributed by atoms with Gasteiger partial charge in [0, 0.05) is 17.7 Å². The fourth-order valence-electron chi connectivity index (χ4n) is 0.268. The van der Waals surface area contributed by atoms with E-state index >= 15 is 0 Å². The van der Waals surface area contributed by atoms with E-state index in [0.29, 0.717) is 0 Å². The van der Waals surface area contributed by atoms with E-state index in [-0.39, 0.29) is 0 Å². The number of rotatable bonds is 1. The van der Waals surface area contributed by atoms with Gasteiger partial charge >= 0.3 is 0 Å². The number of amidine groups is 1. The van der Waals surface area contributed by atoms with Crippen molar-refractivity contribution in [3.8, 4) is 0 Å². The summed E-state index contributed by atoms with van der Waals surface area (Å²) in [5.41, 5.74) is 0. The average molecular weight is 221 g/mol. The van der Waals surface area contributed by atoms with Crippen molar-refractivity contribution in [1.29, 1.82) is 0 Å². The van der Waals surface area contributed by atoms with Crippen molar-refractivity contribution in [3.63, 3.8) is 0 Å². The molecule has 0 aliphatic heterocycles. The van der Waals surface area contributed by atoms with Crippen LogP contribution in [0, 0.1) is 0 Å². The predicted octanol–water partition coefficient (Wildman–Crippen LogP) is 2.91. The van der Waals surface area contributed by atoms with Gasteiger partial charge in [0.2, 0.25) is 0 Å².